The summed E-state index contributed by atoms with van der Waals surface area (Å²) in [4.78, 5) is 11.7. The maximum atomic E-state index is 11.7. The maximum absolute atomic E-state index is 11.7. The number of esters is 1. The van der Waals surface area contributed by atoms with Crippen molar-refractivity contribution in [1.29, 1.82) is 0 Å². The van der Waals surface area contributed by atoms with Crippen LogP contribution in [0.15, 0.2) is 11.6 Å². The van der Waals surface area contributed by atoms with Gasteiger partial charge in [0, 0.05) is 6.42 Å². The van der Waals surface area contributed by atoms with E-state index < -0.39 is 0 Å². The second-order valence-corrected chi connectivity index (χ2v) is 13.0. The van der Waals surface area contributed by atoms with Crippen molar-refractivity contribution in [1.82, 2.24) is 0 Å². The maximum Gasteiger partial charge on any atom is 0.321 e. The van der Waals surface area contributed by atoms with E-state index in [1.807, 2.05) is 0 Å². The van der Waals surface area contributed by atoms with Gasteiger partial charge in [-0.2, -0.15) is 0 Å². The molecular weight excluding hydrogens is 416 g/mol. The number of alkyl halides is 1. The molecule has 8 atom stereocenters. The van der Waals surface area contributed by atoms with Gasteiger partial charge in [-0.05, 0) is 91.3 Å². The summed E-state index contributed by atoms with van der Waals surface area (Å²) in [5, 5.41) is 0. The normalized spacial score (nSPS) is 42.0. The average Bonchev–Trinajstić information content (AvgIpc) is 3.11. The minimum atomic E-state index is -0.262. The highest BCUT2D eigenvalue weighted by atomic mass is 35.5. The predicted molar refractivity (Wildman–Crippen MR) is 134 cm³/mol. The van der Waals surface area contributed by atoms with Gasteiger partial charge >= 0.3 is 5.97 Å². The van der Waals surface area contributed by atoms with Crippen LogP contribution in [0, 0.1) is 46.3 Å². The molecule has 32 heavy (non-hydrogen) atoms. The number of halogens is 1. The number of fused-ring (bicyclic) bond motifs is 5. The zero-order chi connectivity index (χ0) is 23.1. The quantitative estimate of drug-likeness (QED) is 0.216. The summed E-state index contributed by atoms with van der Waals surface area (Å²) >= 11 is 5.68. The van der Waals surface area contributed by atoms with Crippen molar-refractivity contribution >= 4 is 17.6 Å². The molecule has 0 saturated heterocycles. The molecule has 0 heterocycles. The van der Waals surface area contributed by atoms with Crippen molar-refractivity contribution in [2.75, 3.05) is 5.88 Å². The fraction of sp³-hybridized carbons (Fsp3) is 0.897. The van der Waals surface area contributed by atoms with Crippen LogP contribution in [0.4, 0.5) is 0 Å². The van der Waals surface area contributed by atoms with E-state index in [-0.39, 0.29) is 18.0 Å². The molecule has 0 amide bonds. The van der Waals surface area contributed by atoms with Crippen LogP contribution in [0.1, 0.15) is 105 Å². The predicted octanol–water partition coefficient (Wildman–Crippen LogP) is 8.18. The lowest BCUT2D eigenvalue weighted by atomic mass is 9.47. The second kappa shape index (κ2) is 9.63. The van der Waals surface area contributed by atoms with Crippen molar-refractivity contribution < 1.29 is 9.53 Å². The van der Waals surface area contributed by atoms with Gasteiger partial charge in [0.1, 0.15) is 12.0 Å². The zero-order valence-electron chi connectivity index (χ0n) is 21.3. The van der Waals surface area contributed by atoms with Gasteiger partial charge in [0.05, 0.1) is 0 Å². The molecule has 3 saturated carbocycles. The molecule has 0 bridgehead atoms. The van der Waals surface area contributed by atoms with E-state index in [4.69, 9.17) is 16.3 Å². The van der Waals surface area contributed by atoms with Crippen molar-refractivity contribution in [3.8, 4) is 0 Å². The standard InChI is InChI=1S/C29H47ClO2/c1-19(2)7-6-8-20(3)24-11-12-25-23-10-9-21-17-22(32-27(31)18-30)13-15-28(21,4)26(23)14-16-29(24,25)5/h9,19-20,22-26H,6-8,10-18H2,1-5H3/t20-,22-,23+,24+,25+,26+,28-,29+/m0/s1. The lowest BCUT2D eigenvalue weighted by Gasteiger charge is -2.58. The van der Waals surface area contributed by atoms with Gasteiger partial charge in [-0.25, -0.2) is 0 Å². The van der Waals surface area contributed by atoms with Crippen LogP contribution in [0.2, 0.25) is 0 Å². The van der Waals surface area contributed by atoms with Crippen LogP contribution >= 0.6 is 11.6 Å². The van der Waals surface area contributed by atoms with E-state index in [0.717, 1.165) is 48.3 Å². The molecule has 2 nitrogen and oxygen atoms in total. The summed E-state index contributed by atoms with van der Waals surface area (Å²) < 4.78 is 5.63. The number of carbonyl (C=O) groups excluding carboxylic acids is 1. The third-order valence-corrected chi connectivity index (χ3v) is 10.9. The third-order valence-electron chi connectivity index (χ3n) is 10.7. The molecule has 0 spiro atoms. The van der Waals surface area contributed by atoms with Crippen LogP contribution in [0.25, 0.3) is 0 Å². The lowest BCUT2D eigenvalue weighted by molar-refractivity contribution is -0.148. The van der Waals surface area contributed by atoms with E-state index in [1.54, 1.807) is 5.57 Å². The summed E-state index contributed by atoms with van der Waals surface area (Å²) in [6.07, 6.45) is 16.9. The van der Waals surface area contributed by atoms with Gasteiger partial charge in [0.15, 0.2) is 0 Å². The monoisotopic (exact) mass is 462 g/mol. The van der Waals surface area contributed by atoms with Gasteiger partial charge in [0.2, 0.25) is 0 Å². The molecule has 4 aliphatic rings. The first-order chi connectivity index (χ1) is 15.2. The Bertz CT molecular complexity index is 714. The smallest absolute Gasteiger partial charge is 0.321 e. The van der Waals surface area contributed by atoms with E-state index in [9.17, 15) is 4.79 Å². The number of hydrogen-bond donors (Lipinski definition) is 0. The molecule has 3 fully saturated rings. The Hall–Kier alpha value is -0.500. The van der Waals surface area contributed by atoms with Crippen LogP contribution in [-0.2, 0) is 9.53 Å². The van der Waals surface area contributed by atoms with E-state index in [2.05, 4.69) is 40.7 Å². The van der Waals surface area contributed by atoms with Crippen molar-refractivity contribution in [3.63, 3.8) is 0 Å². The Morgan fingerprint density at radius 2 is 1.88 bits per heavy atom. The molecule has 3 heteroatoms. The fourth-order valence-electron chi connectivity index (χ4n) is 8.97. The largest absolute Gasteiger partial charge is 0.461 e. The molecule has 0 aromatic carbocycles. The van der Waals surface area contributed by atoms with Crippen LogP contribution in [0.5, 0.6) is 0 Å². The van der Waals surface area contributed by atoms with Crippen molar-refractivity contribution in [2.24, 2.45) is 46.3 Å². The molecule has 0 radical (unpaired) electrons. The Balaban J connectivity index is 1.45. The molecule has 0 aromatic rings. The Kier molecular flexibility index (Phi) is 7.41. The van der Waals surface area contributed by atoms with Gasteiger partial charge in [0.25, 0.3) is 0 Å². The Morgan fingerprint density at radius 3 is 2.59 bits per heavy atom. The van der Waals surface area contributed by atoms with Crippen molar-refractivity contribution in [2.45, 2.75) is 111 Å². The first kappa shape index (κ1) is 24.6. The SMILES string of the molecule is CC(C)CCC[C@H](C)[C@H]1CC[C@@H]2[C@H]3CC=C4C[C@@H](OC(=O)CCl)CC[C@]4(C)[C@@H]3CC[C@@]21C. The molecule has 0 unspecified atom stereocenters. The summed E-state index contributed by atoms with van der Waals surface area (Å²) in [6, 6.07) is 0. The molecule has 4 aliphatic carbocycles. The Morgan fingerprint density at radius 1 is 1.09 bits per heavy atom. The van der Waals surface area contributed by atoms with Gasteiger partial charge in [-0.15, -0.1) is 11.6 Å². The molecule has 0 aromatic heterocycles. The van der Waals surface area contributed by atoms with Crippen molar-refractivity contribution in [3.05, 3.63) is 11.6 Å². The minimum absolute atomic E-state index is 0.0329. The van der Waals surface area contributed by atoms with Gasteiger partial charge in [-0.1, -0.05) is 65.5 Å². The number of ether oxygens (including phenoxy) is 1. The highest BCUT2D eigenvalue weighted by Gasteiger charge is 2.59. The van der Waals surface area contributed by atoms with Gasteiger partial charge in [-0.3, -0.25) is 4.79 Å². The highest BCUT2D eigenvalue weighted by molar-refractivity contribution is 6.26. The van der Waals surface area contributed by atoms with Gasteiger partial charge < -0.3 is 4.74 Å². The number of carbonyl (C=O) groups is 1. The number of hydrogen-bond acceptors (Lipinski definition) is 2. The molecular formula is C29H47ClO2. The van der Waals surface area contributed by atoms with Crippen LogP contribution in [-0.4, -0.2) is 18.0 Å². The second-order valence-electron chi connectivity index (χ2n) is 12.8. The van der Waals surface area contributed by atoms with E-state index in [1.165, 1.54) is 57.8 Å². The molecule has 182 valence electrons. The molecule has 0 N–H and O–H groups in total. The summed E-state index contributed by atoms with van der Waals surface area (Å²) in [6.45, 7) is 12.5. The minimum Gasteiger partial charge on any atom is -0.461 e. The highest BCUT2D eigenvalue weighted by Crippen LogP contribution is 2.67. The third kappa shape index (κ3) is 4.44. The van der Waals surface area contributed by atoms with Crippen LogP contribution < -0.4 is 0 Å². The average molecular weight is 463 g/mol. The topological polar surface area (TPSA) is 26.3 Å². The van der Waals surface area contributed by atoms with E-state index >= 15 is 0 Å². The number of allylic oxidation sites excluding steroid dienone is 1. The fourth-order valence-corrected chi connectivity index (χ4v) is 9.03. The van der Waals surface area contributed by atoms with Crippen LogP contribution in [0.3, 0.4) is 0 Å². The summed E-state index contributed by atoms with van der Waals surface area (Å²) in [7, 11) is 0. The molecule has 0 aliphatic heterocycles. The Labute approximate surface area is 202 Å². The summed E-state index contributed by atoms with van der Waals surface area (Å²) in [5.74, 6) is 4.92. The zero-order valence-corrected chi connectivity index (χ0v) is 22.1. The lowest BCUT2D eigenvalue weighted by Crippen LogP contribution is -2.51. The summed E-state index contributed by atoms with van der Waals surface area (Å²) in [5.41, 5.74) is 2.44. The van der Waals surface area contributed by atoms with E-state index in [0.29, 0.717) is 10.8 Å². The number of rotatable bonds is 7. The first-order valence-corrected chi connectivity index (χ1v) is 14.2. The first-order valence-electron chi connectivity index (χ1n) is 13.6. The molecule has 4 rings (SSSR count).